The van der Waals surface area contributed by atoms with Gasteiger partial charge in [-0.15, -0.1) is 0 Å². The van der Waals surface area contributed by atoms with E-state index in [1.165, 1.54) is 5.56 Å². The van der Waals surface area contributed by atoms with Crippen LogP contribution in [0.3, 0.4) is 0 Å². The monoisotopic (exact) mass is 313 g/mol. The number of nitrogens with zero attached hydrogens (tertiary/aromatic N) is 2. The van der Waals surface area contributed by atoms with Crippen LogP contribution in [-0.2, 0) is 16.1 Å². The highest BCUT2D eigenvalue weighted by molar-refractivity contribution is 5.86. The number of aromatic nitrogens is 1. The Bertz CT molecular complexity index is 731. The minimum Gasteiger partial charge on any atom is -0.382 e. The predicted molar refractivity (Wildman–Crippen MR) is 89.9 cm³/mol. The van der Waals surface area contributed by atoms with E-state index in [-0.39, 0.29) is 5.91 Å². The number of amides is 1. The topological polar surface area (TPSA) is 68.5 Å². The number of fused-ring (bicyclic) bond motifs is 1. The Morgan fingerprint density at radius 1 is 1.43 bits per heavy atom. The van der Waals surface area contributed by atoms with Gasteiger partial charge in [0.15, 0.2) is 0 Å². The second-order valence-corrected chi connectivity index (χ2v) is 6.29. The molecule has 5 heteroatoms. The van der Waals surface area contributed by atoms with Crippen LogP contribution in [0.15, 0.2) is 30.3 Å². The fourth-order valence-electron chi connectivity index (χ4n) is 3.65. The lowest BCUT2D eigenvalue weighted by Crippen LogP contribution is -2.56. The van der Waals surface area contributed by atoms with E-state index in [1.807, 2.05) is 25.1 Å². The van der Waals surface area contributed by atoms with Crippen LogP contribution in [0.25, 0.3) is 10.9 Å². The summed E-state index contributed by atoms with van der Waals surface area (Å²) >= 11 is 0. The smallest absolute Gasteiger partial charge is 0.240 e. The second-order valence-electron chi connectivity index (χ2n) is 6.29. The lowest BCUT2D eigenvalue weighted by atomic mass is 9.95. The summed E-state index contributed by atoms with van der Waals surface area (Å²) in [4.78, 5) is 18.9. The van der Waals surface area contributed by atoms with Gasteiger partial charge in [-0.3, -0.25) is 14.7 Å². The van der Waals surface area contributed by atoms with Crippen LogP contribution in [0.5, 0.6) is 0 Å². The van der Waals surface area contributed by atoms with Gasteiger partial charge >= 0.3 is 0 Å². The van der Waals surface area contributed by atoms with Crippen molar-refractivity contribution in [2.75, 3.05) is 20.3 Å². The zero-order valence-electron chi connectivity index (χ0n) is 13.7. The molecule has 3 rings (SSSR count). The third-order valence-corrected chi connectivity index (χ3v) is 4.76. The number of hydrogen-bond acceptors (Lipinski definition) is 4. The van der Waals surface area contributed by atoms with Crippen molar-refractivity contribution in [1.29, 1.82) is 0 Å². The maximum atomic E-state index is 12.1. The fraction of sp³-hybridized carbons (Fsp3) is 0.444. The first kappa shape index (κ1) is 15.9. The van der Waals surface area contributed by atoms with E-state index < -0.39 is 5.54 Å². The molecule has 5 nitrogen and oxygen atoms in total. The highest BCUT2D eigenvalue weighted by Gasteiger charge is 2.46. The quantitative estimate of drug-likeness (QED) is 0.917. The number of benzene rings is 1. The van der Waals surface area contributed by atoms with Gasteiger partial charge in [-0.25, -0.2) is 0 Å². The number of hydrogen-bond donors (Lipinski definition) is 1. The number of aryl methyl sites for hydroxylation is 1. The van der Waals surface area contributed by atoms with Crippen molar-refractivity contribution >= 4 is 16.8 Å². The molecule has 1 aliphatic heterocycles. The number of pyridine rings is 1. The summed E-state index contributed by atoms with van der Waals surface area (Å²) in [6.07, 6.45) is 1.70. The normalized spacial score (nSPS) is 21.8. The lowest BCUT2D eigenvalue weighted by Gasteiger charge is -2.35. The number of likely N-dealkylation sites (tertiary alicyclic amines) is 1. The lowest BCUT2D eigenvalue weighted by molar-refractivity contribution is -0.132. The number of ether oxygens (including phenoxy) is 1. The average Bonchev–Trinajstić information content (AvgIpc) is 2.91. The molecule has 1 fully saturated rings. The molecule has 2 N–H and O–H groups in total. The molecule has 1 unspecified atom stereocenters. The van der Waals surface area contributed by atoms with Crippen molar-refractivity contribution in [3.8, 4) is 0 Å². The Balaban J connectivity index is 1.99. The van der Waals surface area contributed by atoms with Crippen molar-refractivity contribution in [3.05, 3.63) is 41.6 Å². The highest BCUT2D eigenvalue weighted by atomic mass is 16.5. The molecule has 0 aliphatic carbocycles. The van der Waals surface area contributed by atoms with Crippen LogP contribution in [-0.4, -0.2) is 41.6 Å². The Morgan fingerprint density at radius 2 is 2.22 bits per heavy atom. The van der Waals surface area contributed by atoms with Crippen molar-refractivity contribution in [3.63, 3.8) is 0 Å². The average molecular weight is 313 g/mol. The summed E-state index contributed by atoms with van der Waals surface area (Å²) in [5.74, 6) is -0.299. The highest BCUT2D eigenvalue weighted by Crippen LogP contribution is 2.32. The van der Waals surface area contributed by atoms with E-state index in [9.17, 15) is 4.79 Å². The van der Waals surface area contributed by atoms with Gasteiger partial charge in [-0.05, 0) is 44.0 Å². The molecule has 122 valence electrons. The summed E-state index contributed by atoms with van der Waals surface area (Å²) in [5.41, 5.74) is 8.17. The Hall–Kier alpha value is -1.98. The standard InChI is InChI=1S/C18H23N3O2/c1-13-10-14(15-6-3-4-7-16(15)20-13)11-21-9-5-8-18(21,12-23-2)17(19)22/h3-4,6-7,10H,5,8-9,11-12H2,1-2H3,(H2,19,22). The molecule has 0 bridgehead atoms. The van der Waals surface area contributed by atoms with Gasteiger partial charge in [0.1, 0.15) is 5.54 Å². The van der Waals surface area contributed by atoms with E-state index in [1.54, 1.807) is 7.11 Å². The molecule has 1 amide bonds. The summed E-state index contributed by atoms with van der Waals surface area (Å²) in [5, 5.41) is 1.13. The molecule has 1 aliphatic rings. The minimum absolute atomic E-state index is 0.299. The van der Waals surface area contributed by atoms with Gasteiger partial charge in [-0.1, -0.05) is 18.2 Å². The molecule has 1 atom stereocenters. The van der Waals surface area contributed by atoms with Crippen LogP contribution in [0, 0.1) is 6.92 Å². The molecule has 1 aromatic heterocycles. The molecule has 1 saturated heterocycles. The van der Waals surface area contributed by atoms with E-state index in [2.05, 4.69) is 22.0 Å². The van der Waals surface area contributed by atoms with Gasteiger partial charge in [0, 0.05) is 24.7 Å². The first-order valence-corrected chi connectivity index (χ1v) is 7.96. The predicted octanol–water partition coefficient (Wildman–Crippen LogP) is 2.01. The summed E-state index contributed by atoms with van der Waals surface area (Å²) < 4.78 is 5.31. The second kappa shape index (κ2) is 6.26. The molecule has 0 radical (unpaired) electrons. The SMILES string of the molecule is COCC1(C(N)=O)CCCN1Cc1cc(C)nc2ccccc12. The molecule has 23 heavy (non-hydrogen) atoms. The van der Waals surface area contributed by atoms with Crippen LogP contribution >= 0.6 is 0 Å². The van der Waals surface area contributed by atoms with Gasteiger partial charge in [0.2, 0.25) is 5.91 Å². The Labute approximate surface area is 136 Å². The summed E-state index contributed by atoms with van der Waals surface area (Å²) in [7, 11) is 1.62. The maximum Gasteiger partial charge on any atom is 0.240 e. The molecule has 2 aromatic rings. The molecular weight excluding hydrogens is 290 g/mol. The molecule has 0 saturated carbocycles. The number of para-hydroxylation sites is 1. The first-order chi connectivity index (χ1) is 11.1. The summed E-state index contributed by atoms with van der Waals surface area (Å²) in [6, 6.07) is 10.2. The van der Waals surface area contributed by atoms with Crippen LogP contribution < -0.4 is 5.73 Å². The fourth-order valence-corrected chi connectivity index (χ4v) is 3.65. The number of rotatable bonds is 5. The van der Waals surface area contributed by atoms with E-state index in [4.69, 9.17) is 10.5 Å². The van der Waals surface area contributed by atoms with Crippen LogP contribution in [0.2, 0.25) is 0 Å². The number of primary amides is 1. The number of methoxy groups -OCH3 is 1. The summed E-state index contributed by atoms with van der Waals surface area (Å²) in [6.45, 7) is 3.86. The van der Waals surface area contributed by atoms with Gasteiger partial charge in [0.05, 0.1) is 12.1 Å². The van der Waals surface area contributed by atoms with Crippen molar-refractivity contribution in [2.45, 2.75) is 31.8 Å². The number of carbonyl (C=O) groups excluding carboxylic acids is 1. The molecule has 0 spiro atoms. The molecule has 1 aromatic carbocycles. The minimum atomic E-state index is -0.701. The zero-order chi connectivity index (χ0) is 16.4. The van der Waals surface area contributed by atoms with Gasteiger partial charge in [-0.2, -0.15) is 0 Å². The van der Waals surface area contributed by atoms with Crippen LogP contribution in [0.1, 0.15) is 24.1 Å². The van der Waals surface area contributed by atoms with Crippen molar-refractivity contribution in [1.82, 2.24) is 9.88 Å². The third-order valence-electron chi connectivity index (χ3n) is 4.76. The van der Waals surface area contributed by atoms with Crippen molar-refractivity contribution < 1.29 is 9.53 Å². The number of nitrogens with two attached hydrogens (primary N) is 1. The van der Waals surface area contributed by atoms with E-state index in [0.717, 1.165) is 36.0 Å². The Kier molecular flexibility index (Phi) is 4.33. The molecular formula is C18H23N3O2. The maximum absolute atomic E-state index is 12.1. The van der Waals surface area contributed by atoms with Gasteiger partial charge in [0.25, 0.3) is 0 Å². The number of carbonyl (C=O) groups is 1. The zero-order valence-corrected chi connectivity index (χ0v) is 13.7. The van der Waals surface area contributed by atoms with Crippen LogP contribution in [0.4, 0.5) is 0 Å². The third kappa shape index (κ3) is 2.82. The van der Waals surface area contributed by atoms with Gasteiger partial charge < -0.3 is 10.5 Å². The van der Waals surface area contributed by atoms with Crippen molar-refractivity contribution in [2.24, 2.45) is 5.73 Å². The van der Waals surface area contributed by atoms with E-state index >= 15 is 0 Å². The largest absolute Gasteiger partial charge is 0.382 e. The first-order valence-electron chi connectivity index (χ1n) is 7.96. The Morgan fingerprint density at radius 3 is 2.96 bits per heavy atom. The molecule has 2 heterocycles. The van der Waals surface area contributed by atoms with E-state index in [0.29, 0.717) is 13.2 Å².